The van der Waals surface area contributed by atoms with E-state index in [1.807, 2.05) is 28.8 Å². The van der Waals surface area contributed by atoms with E-state index in [2.05, 4.69) is 11.0 Å². The number of aromatic nitrogens is 3. The van der Waals surface area contributed by atoms with Gasteiger partial charge in [0.1, 0.15) is 11.6 Å². The minimum atomic E-state index is -0.271. The molecule has 6 nitrogen and oxygen atoms in total. The van der Waals surface area contributed by atoms with Gasteiger partial charge in [0.15, 0.2) is 5.65 Å². The lowest BCUT2D eigenvalue weighted by Gasteiger charge is -2.34. The van der Waals surface area contributed by atoms with E-state index in [1.54, 1.807) is 7.11 Å². The molecule has 3 aromatic rings. The highest BCUT2D eigenvalue weighted by Crippen LogP contribution is 2.33. The van der Waals surface area contributed by atoms with Crippen LogP contribution < -0.4 is 9.64 Å². The van der Waals surface area contributed by atoms with Crippen LogP contribution in [0.3, 0.4) is 0 Å². The lowest BCUT2D eigenvalue weighted by atomic mass is 9.95. The van der Waals surface area contributed by atoms with Crippen LogP contribution in [-0.2, 0) is 12.8 Å². The summed E-state index contributed by atoms with van der Waals surface area (Å²) in [4.78, 5) is 7.27. The molecule has 0 bridgehead atoms. The zero-order valence-corrected chi connectivity index (χ0v) is 16.3. The van der Waals surface area contributed by atoms with Crippen molar-refractivity contribution in [1.29, 1.82) is 0 Å². The molecule has 1 aliphatic carbocycles. The Morgan fingerprint density at radius 2 is 1.93 bits per heavy atom. The third-order valence-corrected chi connectivity index (χ3v) is 5.93. The van der Waals surface area contributed by atoms with Crippen molar-refractivity contribution in [2.45, 2.75) is 44.6 Å². The van der Waals surface area contributed by atoms with E-state index in [9.17, 15) is 5.11 Å². The maximum atomic E-state index is 10.3. The van der Waals surface area contributed by atoms with Crippen LogP contribution in [0.1, 0.15) is 36.9 Å². The average molecular weight is 378 g/mol. The molecule has 1 aromatic carbocycles. The van der Waals surface area contributed by atoms with Crippen LogP contribution in [-0.4, -0.2) is 46.0 Å². The smallest absolute Gasteiger partial charge is 0.158 e. The number of aliphatic hydroxyl groups is 1. The number of anilines is 1. The number of fused-ring (bicyclic) bond motifs is 2. The van der Waals surface area contributed by atoms with E-state index < -0.39 is 0 Å². The van der Waals surface area contributed by atoms with Gasteiger partial charge in [0.05, 0.1) is 18.9 Å². The van der Waals surface area contributed by atoms with Crippen molar-refractivity contribution in [2.75, 3.05) is 25.1 Å². The Kier molecular flexibility index (Phi) is 4.43. The Bertz CT molecular complexity index is 996. The van der Waals surface area contributed by atoms with Crippen molar-refractivity contribution in [1.82, 2.24) is 14.6 Å². The first-order valence-corrected chi connectivity index (χ1v) is 10.2. The van der Waals surface area contributed by atoms with Crippen molar-refractivity contribution in [3.05, 3.63) is 41.6 Å². The predicted molar refractivity (Wildman–Crippen MR) is 109 cm³/mol. The maximum Gasteiger partial charge on any atom is 0.158 e. The standard InChI is InChI=1S/C22H26N4O2/c1-28-17-10-8-15(9-11-17)20-13-21-23-19-7-3-2-6-18(19)22(26(21)24-20)25-12-4-5-16(27)14-25/h8-11,13,16,27H,2-7,12,14H2,1H3. The topological polar surface area (TPSA) is 62.9 Å². The van der Waals surface area contributed by atoms with E-state index in [4.69, 9.17) is 14.8 Å². The maximum absolute atomic E-state index is 10.3. The summed E-state index contributed by atoms with van der Waals surface area (Å²) >= 11 is 0. The summed E-state index contributed by atoms with van der Waals surface area (Å²) in [6.07, 6.45) is 6.06. The second-order valence-corrected chi connectivity index (χ2v) is 7.84. The highest BCUT2D eigenvalue weighted by atomic mass is 16.5. The van der Waals surface area contributed by atoms with Crippen molar-refractivity contribution in [2.24, 2.45) is 0 Å². The molecule has 1 unspecified atom stereocenters. The Labute approximate surface area is 164 Å². The van der Waals surface area contributed by atoms with E-state index in [0.717, 1.165) is 60.7 Å². The molecular weight excluding hydrogens is 352 g/mol. The molecule has 5 rings (SSSR count). The summed E-state index contributed by atoms with van der Waals surface area (Å²) < 4.78 is 7.27. The number of methoxy groups -OCH3 is 1. The number of benzene rings is 1. The Hall–Kier alpha value is -2.60. The number of piperidine rings is 1. The molecular formula is C22H26N4O2. The molecule has 1 aliphatic heterocycles. The van der Waals surface area contributed by atoms with E-state index >= 15 is 0 Å². The van der Waals surface area contributed by atoms with Crippen molar-refractivity contribution in [3.63, 3.8) is 0 Å². The monoisotopic (exact) mass is 378 g/mol. The minimum Gasteiger partial charge on any atom is -0.497 e. The first-order chi connectivity index (χ1) is 13.7. The Balaban J connectivity index is 1.65. The summed E-state index contributed by atoms with van der Waals surface area (Å²) in [5.74, 6) is 1.97. The molecule has 1 atom stereocenters. The summed E-state index contributed by atoms with van der Waals surface area (Å²) in [6.45, 7) is 1.63. The number of ether oxygens (including phenoxy) is 1. The minimum absolute atomic E-state index is 0.271. The number of hydrogen-bond donors (Lipinski definition) is 1. The molecule has 2 aliphatic rings. The molecule has 3 heterocycles. The summed E-state index contributed by atoms with van der Waals surface area (Å²) in [7, 11) is 1.67. The lowest BCUT2D eigenvalue weighted by Crippen LogP contribution is -2.40. The number of hydrogen-bond acceptors (Lipinski definition) is 5. The van der Waals surface area contributed by atoms with E-state index in [0.29, 0.717) is 6.54 Å². The van der Waals surface area contributed by atoms with Gasteiger partial charge in [0.2, 0.25) is 0 Å². The average Bonchev–Trinajstić information content (AvgIpc) is 3.15. The first kappa shape index (κ1) is 17.5. The molecule has 1 N–H and O–H groups in total. The van der Waals surface area contributed by atoms with Crippen molar-refractivity contribution >= 4 is 11.5 Å². The number of aliphatic hydroxyl groups excluding tert-OH is 1. The molecule has 0 radical (unpaired) electrons. The fourth-order valence-electron chi connectivity index (χ4n) is 4.50. The molecule has 2 aromatic heterocycles. The summed E-state index contributed by atoms with van der Waals surface area (Å²) in [5.41, 5.74) is 5.37. The summed E-state index contributed by atoms with van der Waals surface area (Å²) in [5, 5.41) is 15.2. The van der Waals surface area contributed by atoms with Gasteiger partial charge in [-0.1, -0.05) is 0 Å². The molecule has 1 saturated heterocycles. The third-order valence-electron chi connectivity index (χ3n) is 5.93. The van der Waals surface area contributed by atoms with Gasteiger partial charge in [0.25, 0.3) is 0 Å². The molecule has 0 amide bonds. The third kappa shape index (κ3) is 3.02. The van der Waals surface area contributed by atoms with Crippen LogP contribution in [0, 0.1) is 0 Å². The molecule has 0 spiro atoms. The summed E-state index contributed by atoms with van der Waals surface area (Å²) in [6, 6.07) is 10.1. The Morgan fingerprint density at radius 3 is 2.71 bits per heavy atom. The number of rotatable bonds is 3. The zero-order chi connectivity index (χ0) is 19.1. The molecule has 28 heavy (non-hydrogen) atoms. The second-order valence-electron chi connectivity index (χ2n) is 7.84. The molecule has 1 fully saturated rings. The zero-order valence-electron chi connectivity index (χ0n) is 16.3. The van der Waals surface area contributed by atoms with Crippen LogP contribution in [0.25, 0.3) is 16.9 Å². The van der Waals surface area contributed by atoms with E-state index in [1.165, 1.54) is 24.1 Å². The molecule has 0 saturated carbocycles. The Morgan fingerprint density at radius 1 is 1.11 bits per heavy atom. The fraction of sp³-hybridized carbons (Fsp3) is 0.455. The lowest BCUT2D eigenvalue weighted by molar-refractivity contribution is 0.153. The van der Waals surface area contributed by atoms with Gasteiger partial charge in [-0.05, 0) is 62.8 Å². The first-order valence-electron chi connectivity index (χ1n) is 10.2. The SMILES string of the molecule is COc1ccc(-c2cc3nc4c(c(N5CCCC(O)C5)n3n2)CCCC4)cc1. The van der Waals surface area contributed by atoms with Crippen LogP contribution in [0.2, 0.25) is 0 Å². The normalized spacial score (nSPS) is 19.6. The largest absolute Gasteiger partial charge is 0.497 e. The van der Waals surface area contributed by atoms with Crippen LogP contribution >= 0.6 is 0 Å². The van der Waals surface area contributed by atoms with Crippen LogP contribution in [0.5, 0.6) is 5.75 Å². The number of β-amino-alcohol motifs (C(OH)–C–C–N with tert-alkyl or cyclic N) is 1. The van der Waals surface area contributed by atoms with Gasteiger partial charge in [-0.2, -0.15) is 9.61 Å². The van der Waals surface area contributed by atoms with Crippen molar-refractivity contribution < 1.29 is 9.84 Å². The van der Waals surface area contributed by atoms with Gasteiger partial charge >= 0.3 is 0 Å². The predicted octanol–water partition coefficient (Wildman–Crippen LogP) is 3.24. The molecule has 146 valence electrons. The van der Waals surface area contributed by atoms with Crippen LogP contribution in [0.4, 0.5) is 5.82 Å². The van der Waals surface area contributed by atoms with Crippen LogP contribution in [0.15, 0.2) is 30.3 Å². The van der Waals surface area contributed by atoms with Gasteiger partial charge in [-0.3, -0.25) is 0 Å². The molecule has 6 heteroatoms. The number of aryl methyl sites for hydroxylation is 1. The van der Waals surface area contributed by atoms with Gasteiger partial charge < -0.3 is 14.7 Å². The van der Waals surface area contributed by atoms with Gasteiger partial charge in [-0.25, -0.2) is 4.98 Å². The highest BCUT2D eigenvalue weighted by Gasteiger charge is 2.27. The second kappa shape index (κ2) is 7.09. The van der Waals surface area contributed by atoms with Gasteiger partial charge in [-0.15, -0.1) is 0 Å². The van der Waals surface area contributed by atoms with Crippen molar-refractivity contribution in [3.8, 4) is 17.0 Å². The fourth-order valence-corrected chi connectivity index (χ4v) is 4.50. The quantitative estimate of drug-likeness (QED) is 0.758. The van der Waals surface area contributed by atoms with Gasteiger partial charge in [0, 0.05) is 36.0 Å². The highest BCUT2D eigenvalue weighted by molar-refractivity contribution is 5.68. The van der Waals surface area contributed by atoms with E-state index in [-0.39, 0.29) is 6.10 Å². The number of nitrogens with zero attached hydrogens (tertiary/aromatic N) is 4.